The minimum atomic E-state index is 0.0115. The number of ether oxygens (including phenoxy) is 1. The van der Waals surface area contributed by atoms with Gasteiger partial charge < -0.3 is 10.1 Å². The van der Waals surface area contributed by atoms with Crippen molar-refractivity contribution in [3.05, 3.63) is 50.7 Å². The number of benzene rings is 1. The summed E-state index contributed by atoms with van der Waals surface area (Å²) in [4.78, 5) is 0. The maximum atomic E-state index is 6.26. The van der Waals surface area contributed by atoms with Crippen molar-refractivity contribution >= 4 is 27.5 Å². The van der Waals surface area contributed by atoms with E-state index in [-0.39, 0.29) is 6.04 Å². The topological polar surface area (TPSA) is 39.1 Å². The number of halogens is 2. The van der Waals surface area contributed by atoms with Crippen molar-refractivity contribution in [2.24, 2.45) is 0 Å². The maximum absolute atomic E-state index is 6.26. The van der Waals surface area contributed by atoms with E-state index in [1.807, 2.05) is 37.0 Å². The van der Waals surface area contributed by atoms with E-state index in [9.17, 15) is 0 Å². The summed E-state index contributed by atoms with van der Waals surface area (Å²) in [6.45, 7) is 3.35. The third kappa shape index (κ3) is 3.48. The Balaban J connectivity index is 2.46. The Labute approximate surface area is 138 Å². The molecule has 0 spiro atoms. The highest BCUT2D eigenvalue weighted by atomic mass is 79.9. The van der Waals surface area contributed by atoms with Gasteiger partial charge in [0.1, 0.15) is 0 Å². The Morgan fingerprint density at radius 3 is 2.90 bits per heavy atom. The number of methoxy groups -OCH3 is 1. The third-order valence-electron chi connectivity index (χ3n) is 3.52. The van der Waals surface area contributed by atoms with Gasteiger partial charge in [0.2, 0.25) is 0 Å². The first-order chi connectivity index (χ1) is 10.1. The normalized spacial score (nSPS) is 12.6. The van der Waals surface area contributed by atoms with Crippen LogP contribution >= 0.6 is 27.5 Å². The number of nitrogens with zero attached hydrogens (tertiary/aromatic N) is 2. The highest BCUT2D eigenvalue weighted by Crippen LogP contribution is 2.32. The van der Waals surface area contributed by atoms with Gasteiger partial charge in [0, 0.05) is 12.1 Å². The van der Waals surface area contributed by atoms with Crippen LogP contribution in [-0.4, -0.2) is 30.5 Å². The highest BCUT2D eigenvalue weighted by Gasteiger charge is 2.22. The van der Waals surface area contributed by atoms with Crippen LogP contribution in [0.4, 0.5) is 0 Å². The van der Waals surface area contributed by atoms with E-state index in [1.54, 1.807) is 7.11 Å². The lowest BCUT2D eigenvalue weighted by Crippen LogP contribution is -2.23. The second-order valence-corrected chi connectivity index (χ2v) is 6.03. The van der Waals surface area contributed by atoms with Crippen LogP contribution in [-0.2, 0) is 11.3 Å². The molecule has 6 heteroatoms. The number of aromatic nitrogens is 2. The Bertz CT molecular complexity index is 615. The van der Waals surface area contributed by atoms with Gasteiger partial charge in [-0.2, -0.15) is 5.10 Å². The van der Waals surface area contributed by atoms with Gasteiger partial charge >= 0.3 is 0 Å². The molecule has 1 aromatic heterocycles. The van der Waals surface area contributed by atoms with Gasteiger partial charge in [-0.25, -0.2) is 0 Å². The lowest BCUT2D eigenvalue weighted by molar-refractivity contribution is 0.182. The van der Waals surface area contributed by atoms with Crippen molar-refractivity contribution in [3.8, 4) is 0 Å². The van der Waals surface area contributed by atoms with E-state index in [0.717, 1.165) is 26.3 Å². The lowest BCUT2D eigenvalue weighted by atomic mass is 9.98. The number of rotatable bonds is 6. The van der Waals surface area contributed by atoms with Gasteiger partial charge in [-0.3, -0.25) is 4.68 Å². The van der Waals surface area contributed by atoms with Crippen molar-refractivity contribution in [3.63, 3.8) is 0 Å². The predicted molar refractivity (Wildman–Crippen MR) is 88.9 cm³/mol. The fraction of sp³-hybridized carbons (Fsp3) is 0.400. The summed E-state index contributed by atoms with van der Waals surface area (Å²) in [7, 11) is 3.63. The number of hydrogen-bond donors (Lipinski definition) is 1. The summed E-state index contributed by atoms with van der Waals surface area (Å²) in [5.74, 6) is 0. The van der Waals surface area contributed by atoms with E-state index in [4.69, 9.17) is 16.3 Å². The molecule has 2 aromatic rings. The Morgan fingerprint density at radius 2 is 2.24 bits per heavy atom. The average Bonchev–Trinajstić information content (AvgIpc) is 2.83. The highest BCUT2D eigenvalue weighted by molar-refractivity contribution is 9.10. The first-order valence-corrected chi connectivity index (χ1v) is 7.89. The van der Waals surface area contributed by atoms with Crippen LogP contribution in [0.15, 0.2) is 28.9 Å². The quantitative estimate of drug-likeness (QED) is 0.842. The molecule has 1 atom stereocenters. The molecule has 0 aliphatic rings. The smallest absolute Gasteiger partial charge is 0.0760 e. The van der Waals surface area contributed by atoms with Gasteiger partial charge in [0.25, 0.3) is 0 Å². The molecular weight excluding hydrogens is 354 g/mol. The molecule has 0 bridgehead atoms. The zero-order valence-corrected chi connectivity index (χ0v) is 14.7. The van der Waals surface area contributed by atoms with Crippen molar-refractivity contribution in [1.29, 1.82) is 0 Å². The van der Waals surface area contributed by atoms with Gasteiger partial charge in [-0.1, -0.05) is 23.7 Å². The second-order valence-electron chi connectivity index (χ2n) is 4.77. The summed E-state index contributed by atoms with van der Waals surface area (Å²) in [5.41, 5.74) is 3.29. The summed E-state index contributed by atoms with van der Waals surface area (Å²) in [6, 6.07) is 5.98. The van der Waals surface area contributed by atoms with Crippen LogP contribution in [0.3, 0.4) is 0 Å². The van der Waals surface area contributed by atoms with Crippen LogP contribution in [0.2, 0.25) is 5.02 Å². The fourth-order valence-corrected chi connectivity index (χ4v) is 3.10. The third-order valence-corrected chi connectivity index (χ3v) is 4.54. The van der Waals surface area contributed by atoms with Crippen LogP contribution in [0.25, 0.3) is 0 Å². The summed E-state index contributed by atoms with van der Waals surface area (Å²) in [6.07, 6.45) is 1.81. The summed E-state index contributed by atoms with van der Waals surface area (Å²) < 4.78 is 8.08. The molecule has 1 heterocycles. The molecule has 0 aliphatic carbocycles. The van der Waals surface area contributed by atoms with E-state index >= 15 is 0 Å². The molecule has 4 nitrogen and oxygen atoms in total. The molecule has 0 aliphatic heterocycles. The largest absolute Gasteiger partial charge is 0.383 e. The molecular formula is C15H19BrClN3O. The van der Waals surface area contributed by atoms with Gasteiger partial charge in [-0.05, 0) is 47.1 Å². The van der Waals surface area contributed by atoms with Crippen LogP contribution in [0, 0.1) is 6.92 Å². The minimum absolute atomic E-state index is 0.0115. The van der Waals surface area contributed by atoms with Gasteiger partial charge in [0.05, 0.1) is 35.6 Å². The maximum Gasteiger partial charge on any atom is 0.0760 e. The van der Waals surface area contributed by atoms with E-state index < -0.39 is 0 Å². The van der Waals surface area contributed by atoms with E-state index in [0.29, 0.717) is 13.2 Å². The Hall–Kier alpha value is -0.880. The fourth-order valence-electron chi connectivity index (χ4n) is 2.39. The molecule has 0 fully saturated rings. The molecule has 0 saturated carbocycles. The molecule has 2 rings (SSSR count). The molecule has 0 amide bonds. The van der Waals surface area contributed by atoms with E-state index in [2.05, 4.69) is 32.4 Å². The lowest BCUT2D eigenvalue weighted by Gasteiger charge is -2.21. The van der Waals surface area contributed by atoms with E-state index in [1.165, 1.54) is 0 Å². The zero-order valence-electron chi connectivity index (χ0n) is 12.4. The van der Waals surface area contributed by atoms with Crippen molar-refractivity contribution < 1.29 is 4.74 Å². The van der Waals surface area contributed by atoms with Crippen molar-refractivity contribution in [1.82, 2.24) is 15.1 Å². The van der Waals surface area contributed by atoms with Gasteiger partial charge in [-0.15, -0.1) is 0 Å². The number of nitrogens with one attached hydrogen (secondary N) is 1. The van der Waals surface area contributed by atoms with Crippen LogP contribution in [0.5, 0.6) is 0 Å². The van der Waals surface area contributed by atoms with Crippen molar-refractivity contribution in [2.45, 2.75) is 19.5 Å². The Morgan fingerprint density at radius 1 is 1.48 bits per heavy atom. The standard InChI is InChI=1S/C15H19BrClN3O/c1-10-11(5-4-6-13(10)17)14(18-2)15-12(16)9-19-20(15)7-8-21-3/h4-6,9,14,18H,7-8H2,1-3H3. The molecule has 21 heavy (non-hydrogen) atoms. The minimum Gasteiger partial charge on any atom is -0.383 e. The van der Waals surface area contributed by atoms with Crippen LogP contribution in [0.1, 0.15) is 22.9 Å². The molecule has 114 valence electrons. The molecule has 0 radical (unpaired) electrons. The SMILES string of the molecule is CNC(c1cccc(Cl)c1C)c1c(Br)cnn1CCOC. The molecule has 1 N–H and O–H groups in total. The second kappa shape index (κ2) is 7.40. The summed E-state index contributed by atoms with van der Waals surface area (Å²) >= 11 is 9.85. The molecule has 1 aromatic carbocycles. The first-order valence-electron chi connectivity index (χ1n) is 6.72. The molecule has 1 unspecified atom stereocenters. The average molecular weight is 373 g/mol. The monoisotopic (exact) mass is 371 g/mol. The predicted octanol–water partition coefficient (Wildman–Crippen LogP) is 3.56. The van der Waals surface area contributed by atoms with Crippen molar-refractivity contribution in [2.75, 3.05) is 20.8 Å². The number of hydrogen-bond acceptors (Lipinski definition) is 3. The zero-order chi connectivity index (χ0) is 15.4. The Kier molecular flexibility index (Phi) is 5.81. The molecule has 0 saturated heterocycles. The van der Waals surface area contributed by atoms with Crippen LogP contribution < -0.4 is 5.32 Å². The first kappa shape index (κ1) is 16.5. The van der Waals surface area contributed by atoms with Gasteiger partial charge in [0.15, 0.2) is 0 Å². The summed E-state index contributed by atoms with van der Waals surface area (Å²) in [5, 5.41) is 8.54.